The number of likely N-dealkylation sites (tertiary alicyclic amines) is 1. The maximum Gasteiger partial charge on any atom is 0.289 e. The van der Waals surface area contributed by atoms with Crippen LogP contribution in [0.3, 0.4) is 0 Å². The Kier molecular flexibility index (Phi) is 6.98. The van der Waals surface area contributed by atoms with Gasteiger partial charge < -0.3 is 23.7 Å². The molecular formula is C21H29N5O5. The fourth-order valence-corrected chi connectivity index (χ4v) is 4.44. The standard InChI is InChI=1S/C21H29N5O5/c1-29-13-20(27)26(16-6-9-30-10-7-16)17-3-2-8-24(11-17)21(28)19-5-4-18(31-19)12-25-15-22-14-23-25/h4-5,14-17H,2-3,6-13H2,1H3. The maximum absolute atomic E-state index is 13.1. The van der Waals surface area contributed by atoms with Gasteiger partial charge in [0, 0.05) is 45.5 Å². The number of aromatic nitrogens is 3. The molecule has 2 fully saturated rings. The van der Waals surface area contributed by atoms with Gasteiger partial charge in [0.15, 0.2) is 5.76 Å². The van der Waals surface area contributed by atoms with Crippen LogP contribution in [0.15, 0.2) is 29.2 Å². The second kappa shape index (κ2) is 10.1. The summed E-state index contributed by atoms with van der Waals surface area (Å²) in [4.78, 5) is 33.6. The summed E-state index contributed by atoms with van der Waals surface area (Å²) >= 11 is 0. The van der Waals surface area contributed by atoms with Crippen molar-refractivity contribution in [3.8, 4) is 0 Å². The Hall–Kier alpha value is -2.72. The van der Waals surface area contributed by atoms with Gasteiger partial charge in [0.05, 0.1) is 0 Å². The van der Waals surface area contributed by atoms with E-state index in [1.165, 1.54) is 13.4 Å². The summed E-state index contributed by atoms with van der Waals surface area (Å²) < 4.78 is 18.0. The van der Waals surface area contributed by atoms with Gasteiger partial charge in [-0.2, -0.15) is 5.10 Å². The van der Waals surface area contributed by atoms with Crippen molar-refractivity contribution in [2.45, 2.75) is 44.3 Å². The molecule has 0 N–H and O–H groups in total. The predicted octanol–water partition coefficient (Wildman–Crippen LogP) is 1.18. The molecule has 10 heteroatoms. The molecule has 1 atom stereocenters. The average molecular weight is 431 g/mol. The highest BCUT2D eigenvalue weighted by Gasteiger charge is 2.36. The number of hydrogen-bond acceptors (Lipinski definition) is 7. The van der Waals surface area contributed by atoms with Crippen molar-refractivity contribution < 1.29 is 23.5 Å². The SMILES string of the molecule is COCC(=O)N(C1CCOCC1)C1CCCN(C(=O)c2ccc(Cn3cncn3)o2)C1. The van der Waals surface area contributed by atoms with Crippen LogP contribution in [0.2, 0.25) is 0 Å². The summed E-state index contributed by atoms with van der Waals surface area (Å²) in [5.41, 5.74) is 0. The van der Waals surface area contributed by atoms with Crippen LogP contribution >= 0.6 is 0 Å². The molecule has 2 aromatic heterocycles. The van der Waals surface area contributed by atoms with Gasteiger partial charge in [-0.3, -0.25) is 9.59 Å². The molecule has 0 aromatic carbocycles. The third-order valence-electron chi connectivity index (χ3n) is 5.87. The highest BCUT2D eigenvalue weighted by Crippen LogP contribution is 2.25. The van der Waals surface area contributed by atoms with E-state index in [0.29, 0.717) is 44.4 Å². The van der Waals surface area contributed by atoms with E-state index in [-0.39, 0.29) is 30.5 Å². The number of piperidine rings is 1. The number of amides is 2. The third kappa shape index (κ3) is 5.13. The fourth-order valence-electron chi connectivity index (χ4n) is 4.44. The van der Waals surface area contributed by atoms with Gasteiger partial charge in [-0.05, 0) is 37.8 Å². The number of rotatable bonds is 7. The van der Waals surface area contributed by atoms with E-state index in [0.717, 1.165) is 25.7 Å². The quantitative estimate of drug-likeness (QED) is 0.648. The van der Waals surface area contributed by atoms with Crippen molar-refractivity contribution in [1.82, 2.24) is 24.6 Å². The van der Waals surface area contributed by atoms with Gasteiger partial charge in [-0.25, -0.2) is 9.67 Å². The molecule has 0 radical (unpaired) electrons. The molecule has 2 amide bonds. The van der Waals surface area contributed by atoms with Gasteiger partial charge in [0.1, 0.15) is 31.6 Å². The fraction of sp³-hybridized carbons (Fsp3) is 0.619. The zero-order valence-electron chi connectivity index (χ0n) is 17.8. The smallest absolute Gasteiger partial charge is 0.289 e. The van der Waals surface area contributed by atoms with E-state index in [9.17, 15) is 9.59 Å². The highest BCUT2D eigenvalue weighted by molar-refractivity contribution is 5.91. The molecule has 10 nitrogen and oxygen atoms in total. The topological polar surface area (TPSA) is 103 Å². The lowest BCUT2D eigenvalue weighted by atomic mass is 9.98. The number of methoxy groups -OCH3 is 1. The van der Waals surface area contributed by atoms with Gasteiger partial charge >= 0.3 is 0 Å². The first-order valence-electron chi connectivity index (χ1n) is 10.7. The van der Waals surface area contributed by atoms with Crippen molar-refractivity contribution in [3.63, 3.8) is 0 Å². The van der Waals surface area contributed by atoms with Gasteiger partial charge in [-0.15, -0.1) is 0 Å². The van der Waals surface area contributed by atoms with E-state index in [4.69, 9.17) is 13.9 Å². The zero-order chi connectivity index (χ0) is 21.6. The number of nitrogens with zero attached hydrogens (tertiary/aromatic N) is 5. The number of furan rings is 1. The number of hydrogen-bond donors (Lipinski definition) is 0. The summed E-state index contributed by atoms with van der Waals surface area (Å²) in [7, 11) is 1.53. The minimum atomic E-state index is -0.152. The van der Waals surface area contributed by atoms with Crippen LogP contribution in [-0.2, 0) is 20.8 Å². The normalized spacial score (nSPS) is 20.0. The molecule has 0 aliphatic carbocycles. The highest BCUT2D eigenvalue weighted by atomic mass is 16.5. The van der Waals surface area contributed by atoms with Crippen LogP contribution in [0.4, 0.5) is 0 Å². The number of ether oxygens (including phenoxy) is 2. The van der Waals surface area contributed by atoms with Crippen molar-refractivity contribution in [1.29, 1.82) is 0 Å². The molecular weight excluding hydrogens is 402 g/mol. The maximum atomic E-state index is 13.1. The van der Waals surface area contributed by atoms with Crippen molar-refractivity contribution >= 4 is 11.8 Å². The molecule has 2 aromatic rings. The average Bonchev–Trinajstić information content (AvgIpc) is 3.47. The molecule has 4 rings (SSSR count). The second-order valence-corrected chi connectivity index (χ2v) is 7.98. The van der Waals surface area contributed by atoms with Crippen molar-refractivity contribution in [2.75, 3.05) is 40.0 Å². The summed E-state index contributed by atoms with van der Waals surface area (Å²) in [6.45, 7) is 2.90. The molecule has 2 aliphatic rings. The lowest BCUT2D eigenvalue weighted by Crippen LogP contribution is -2.56. The van der Waals surface area contributed by atoms with E-state index in [2.05, 4.69) is 10.1 Å². The van der Waals surface area contributed by atoms with Gasteiger partial charge in [-0.1, -0.05) is 0 Å². The summed E-state index contributed by atoms with van der Waals surface area (Å²) in [5.74, 6) is 0.764. The Bertz CT molecular complexity index is 861. The van der Waals surface area contributed by atoms with Gasteiger partial charge in [0.25, 0.3) is 5.91 Å². The molecule has 31 heavy (non-hydrogen) atoms. The molecule has 2 saturated heterocycles. The minimum Gasteiger partial charge on any atom is -0.454 e. The number of carbonyl (C=O) groups excluding carboxylic acids is 2. The summed E-state index contributed by atoms with van der Waals surface area (Å²) in [6.07, 6.45) is 6.38. The first kappa shape index (κ1) is 21.5. The Morgan fingerprint density at radius 3 is 2.81 bits per heavy atom. The summed E-state index contributed by atoms with van der Waals surface area (Å²) in [5, 5.41) is 4.05. The Labute approximate surface area is 181 Å². The van der Waals surface area contributed by atoms with Crippen molar-refractivity contribution in [3.05, 3.63) is 36.3 Å². The molecule has 4 heterocycles. The van der Waals surface area contributed by atoms with Crippen molar-refractivity contribution in [2.24, 2.45) is 0 Å². The zero-order valence-corrected chi connectivity index (χ0v) is 17.8. The largest absolute Gasteiger partial charge is 0.454 e. The number of carbonyl (C=O) groups is 2. The molecule has 168 valence electrons. The molecule has 0 saturated carbocycles. The van der Waals surface area contributed by atoms with Crippen LogP contribution in [-0.4, -0.2) is 88.5 Å². The van der Waals surface area contributed by atoms with Crippen LogP contribution < -0.4 is 0 Å². The first-order valence-corrected chi connectivity index (χ1v) is 10.7. The van der Waals surface area contributed by atoms with E-state index < -0.39 is 0 Å². The lowest BCUT2D eigenvalue weighted by Gasteiger charge is -2.44. The molecule has 1 unspecified atom stereocenters. The molecule has 2 aliphatic heterocycles. The lowest BCUT2D eigenvalue weighted by molar-refractivity contribution is -0.143. The first-order chi connectivity index (χ1) is 15.2. The van der Waals surface area contributed by atoms with Crippen LogP contribution in [0.5, 0.6) is 0 Å². The second-order valence-electron chi connectivity index (χ2n) is 7.98. The van der Waals surface area contributed by atoms with E-state index in [1.807, 2.05) is 4.90 Å². The Balaban J connectivity index is 1.44. The van der Waals surface area contributed by atoms with E-state index in [1.54, 1.807) is 28.0 Å². The van der Waals surface area contributed by atoms with E-state index >= 15 is 0 Å². The van der Waals surface area contributed by atoms with Crippen LogP contribution in [0.25, 0.3) is 0 Å². The molecule has 0 bridgehead atoms. The Morgan fingerprint density at radius 2 is 2.06 bits per heavy atom. The Morgan fingerprint density at radius 1 is 1.23 bits per heavy atom. The van der Waals surface area contributed by atoms with Crippen LogP contribution in [0.1, 0.15) is 42.0 Å². The predicted molar refractivity (Wildman–Crippen MR) is 109 cm³/mol. The van der Waals surface area contributed by atoms with Crippen LogP contribution in [0, 0.1) is 0 Å². The molecule has 0 spiro atoms. The minimum absolute atomic E-state index is 0.0261. The monoisotopic (exact) mass is 431 g/mol. The van der Waals surface area contributed by atoms with Gasteiger partial charge in [0.2, 0.25) is 5.91 Å². The summed E-state index contributed by atoms with van der Waals surface area (Å²) in [6, 6.07) is 3.57. The third-order valence-corrected chi connectivity index (χ3v) is 5.87.